The molecule has 0 rings (SSSR count). The van der Waals surface area contributed by atoms with Crippen LogP contribution in [0.5, 0.6) is 0 Å². The first-order valence-electron chi connectivity index (χ1n) is 5.59. The predicted molar refractivity (Wildman–Crippen MR) is 64.3 cm³/mol. The van der Waals surface area contributed by atoms with Crippen LogP contribution in [0.2, 0.25) is 0 Å². The molecule has 1 unspecified atom stereocenters. The van der Waals surface area contributed by atoms with Gasteiger partial charge in [-0.2, -0.15) is 0 Å². The number of aliphatic hydroxyl groups is 1. The van der Waals surface area contributed by atoms with Crippen molar-refractivity contribution in [1.82, 2.24) is 5.32 Å². The van der Waals surface area contributed by atoms with Crippen molar-refractivity contribution in [2.45, 2.75) is 25.8 Å². The van der Waals surface area contributed by atoms with Gasteiger partial charge in [0.1, 0.15) is 9.84 Å². The van der Waals surface area contributed by atoms with E-state index in [1.807, 2.05) is 0 Å². The zero-order valence-electron chi connectivity index (χ0n) is 10.1. The van der Waals surface area contributed by atoms with Crippen molar-refractivity contribution in [2.24, 2.45) is 0 Å². The molecule has 0 aromatic heterocycles. The Balaban J connectivity index is 3.69. The standard InChI is InChI=1S/C10H23NO4S/c1-3-16(13,14)8-4-6-11-10(5-7-12)9-15-2/h10-12H,3-9H2,1-2H3. The van der Waals surface area contributed by atoms with Gasteiger partial charge in [0.25, 0.3) is 0 Å². The summed E-state index contributed by atoms with van der Waals surface area (Å²) in [4.78, 5) is 0. The summed E-state index contributed by atoms with van der Waals surface area (Å²) in [6.45, 7) is 2.92. The molecule has 6 heteroatoms. The quantitative estimate of drug-likeness (QED) is 0.527. The van der Waals surface area contributed by atoms with Gasteiger partial charge in [-0.3, -0.25) is 0 Å². The molecule has 2 N–H and O–H groups in total. The van der Waals surface area contributed by atoms with Gasteiger partial charge in [-0.1, -0.05) is 6.92 Å². The van der Waals surface area contributed by atoms with Gasteiger partial charge in [-0.25, -0.2) is 8.42 Å². The van der Waals surface area contributed by atoms with Crippen LogP contribution in [0.4, 0.5) is 0 Å². The minimum Gasteiger partial charge on any atom is -0.396 e. The second kappa shape index (κ2) is 8.92. The van der Waals surface area contributed by atoms with Crippen molar-refractivity contribution in [3.8, 4) is 0 Å². The molecule has 0 aromatic carbocycles. The van der Waals surface area contributed by atoms with E-state index in [2.05, 4.69) is 5.32 Å². The van der Waals surface area contributed by atoms with E-state index in [0.29, 0.717) is 26.0 Å². The maximum atomic E-state index is 11.2. The van der Waals surface area contributed by atoms with E-state index in [1.54, 1.807) is 14.0 Å². The largest absolute Gasteiger partial charge is 0.396 e. The van der Waals surface area contributed by atoms with Crippen LogP contribution in [0.3, 0.4) is 0 Å². The third-order valence-corrected chi connectivity index (χ3v) is 4.14. The number of ether oxygens (including phenoxy) is 1. The van der Waals surface area contributed by atoms with Gasteiger partial charge >= 0.3 is 0 Å². The number of sulfone groups is 1. The van der Waals surface area contributed by atoms with Crippen molar-refractivity contribution in [3.05, 3.63) is 0 Å². The van der Waals surface area contributed by atoms with E-state index < -0.39 is 9.84 Å². The molecule has 0 aliphatic rings. The molecule has 16 heavy (non-hydrogen) atoms. The number of hydrogen-bond acceptors (Lipinski definition) is 5. The summed E-state index contributed by atoms with van der Waals surface area (Å²) in [6.07, 6.45) is 1.22. The molecule has 0 fully saturated rings. The molecular weight excluding hydrogens is 230 g/mol. The Morgan fingerprint density at radius 1 is 1.44 bits per heavy atom. The molecule has 0 aromatic rings. The van der Waals surface area contributed by atoms with Gasteiger partial charge < -0.3 is 15.2 Å². The second-order valence-corrected chi connectivity index (χ2v) is 6.18. The van der Waals surface area contributed by atoms with Crippen molar-refractivity contribution >= 4 is 9.84 Å². The van der Waals surface area contributed by atoms with Crippen LogP contribution in [-0.4, -0.2) is 57.9 Å². The minimum absolute atomic E-state index is 0.0966. The Labute approximate surface area is 98.1 Å². The Bertz CT molecular complexity index is 248. The van der Waals surface area contributed by atoms with Gasteiger partial charge in [-0.05, 0) is 19.4 Å². The first-order chi connectivity index (χ1) is 7.55. The van der Waals surface area contributed by atoms with Crippen LogP contribution in [0, 0.1) is 0 Å². The fourth-order valence-corrected chi connectivity index (χ4v) is 2.22. The maximum absolute atomic E-state index is 11.2. The monoisotopic (exact) mass is 253 g/mol. The molecule has 0 saturated carbocycles. The Hall–Kier alpha value is -0.170. The van der Waals surface area contributed by atoms with Crippen LogP contribution in [0.25, 0.3) is 0 Å². The fraction of sp³-hybridized carbons (Fsp3) is 1.00. The van der Waals surface area contributed by atoms with Crippen LogP contribution >= 0.6 is 0 Å². The molecule has 5 nitrogen and oxygen atoms in total. The van der Waals surface area contributed by atoms with E-state index in [0.717, 1.165) is 0 Å². The predicted octanol–water partition coefficient (Wildman–Crippen LogP) is -0.202. The molecule has 0 amide bonds. The summed E-state index contributed by atoms with van der Waals surface area (Å²) < 4.78 is 27.4. The average Bonchev–Trinajstić information content (AvgIpc) is 2.25. The molecule has 0 spiro atoms. The lowest BCUT2D eigenvalue weighted by molar-refractivity contribution is 0.149. The van der Waals surface area contributed by atoms with E-state index in [-0.39, 0.29) is 24.2 Å². The lowest BCUT2D eigenvalue weighted by atomic mass is 10.2. The lowest BCUT2D eigenvalue weighted by Crippen LogP contribution is -2.35. The molecule has 0 heterocycles. The van der Waals surface area contributed by atoms with E-state index in [1.165, 1.54) is 0 Å². The molecule has 0 aliphatic heterocycles. The van der Waals surface area contributed by atoms with E-state index in [4.69, 9.17) is 9.84 Å². The van der Waals surface area contributed by atoms with Gasteiger partial charge in [0.2, 0.25) is 0 Å². The van der Waals surface area contributed by atoms with Crippen LogP contribution in [0.1, 0.15) is 19.8 Å². The summed E-state index contributed by atoms with van der Waals surface area (Å²) in [5.41, 5.74) is 0. The highest BCUT2D eigenvalue weighted by Crippen LogP contribution is 1.95. The molecule has 0 bridgehead atoms. The number of rotatable bonds is 10. The summed E-state index contributed by atoms with van der Waals surface area (Å²) in [7, 11) is -1.26. The number of methoxy groups -OCH3 is 1. The Kier molecular flexibility index (Phi) is 8.83. The van der Waals surface area contributed by atoms with Crippen molar-refractivity contribution in [1.29, 1.82) is 0 Å². The highest BCUT2D eigenvalue weighted by Gasteiger charge is 2.09. The Morgan fingerprint density at radius 2 is 2.12 bits per heavy atom. The van der Waals surface area contributed by atoms with Crippen molar-refractivity contribution < 1.29 is 18.3 Å². The van der Waals surface area contributed by atoms with Crippen LogP contribution in [0.15, 0.2) is 0 Å². The number of nitrogens with one attached hydrogen (secondary N) is 1. The van der Waals surface area contributed by atoms with Crippen molar-refractivity contribution in [3.63, 3.8) is 0 Å². The zero-order valence-corrected chi connectivity index (χ0v) is 10.9. The van der Waals surface area contributed by atoms with E-state index >= 15 is 0 Å². The van der Waals surface area contributed by atoms with Crippen LogP contribution in [-0.2, 0) is 14.6 Å². The molecule has 0 saturated heterocycles. The number of hydrogen-bond donors (Lipinski definition) is 2. The van der Waals surface area contributed by atoms with Gasteiger partial charge in [0.05, 0.1) is 12.4 Å². The number of aliphatic hydroxyl groups excluding tert-OH is 1. The minimum atomic E-state index is -2.86. The van der Waals surface area contributed by atoms with Crippen molar-refractivity contribution in [2.75, 3.05) is 38.4 Å². The highest BCUT2D eigenvalue weighted by atomic mass is 32.2. The molecular formula is C10H23NO4S. The summed E-state index contributed by atoms with van der Waals surface area (Å²) >= 11 is 0. The first-order valence-corrected chi connectivity index (χ1v) is 7.41. The smallest absolute Gasteiger partial charge is 0.150 e. The third-order valence-electron chi connectivity index (χ3n) is 2.35. The summed E-state index contributed by atoms with van der Waals surface area (Å²) in [6, 6.07) is 0.0966. The Morgan fingerprint density at radius 3 is 2.62 bits per heavy atom. The fourth-order valence-electron chi connectivity index (χ4n) is 1.34. The topological polar surface area (TPSA) is 75.6 Å². The van der Waals surface area contributed by atoms with Gasteiger partial charge in [0, 0.05) is 25.5 Å². The van der Waals surface area contributed by atoms with Crippen LogP contribution < -0.4 is 5.32 Å². The van der Waals surface area contributed by atoms with E-state index in [9.17, 15) is 8.42 Å². The summed E-state index contributed by atoms with van der Waals surface area (Å²) in [5.74, 6) is 0.417. The molecule has 98 valence electrons. The SMILES string of the molecule is CCS(=O)(=O)CCCNC(CCO)COC. The molecule has 0 aliphatic carbocycles. The average molecular weight is 253 g/mol. The molecule has 0 radical (unpaired) electrons. The first kappa shape index (κ1) is 15.8. The summed E-state index contributed by atoms with van der Waals surface area (Å²) in [5, 5.41) is 12.0. The normalized spacial score (nSPS) is 13.9. The van der Waals surface area contributed by atoms with Gasteiger partial charge in [0.15, 0.2) is 0 Å². The van der Waals surface area contributed by atoms with Gasteiger partial charge in [-0.15, -0.1) is 0 Å². The second-order valence-electron chi connectivity index (χ2n) is 3.71. The lowest BCUT2D eigenvalue weighted by Gasteiger charge is -2.16. The maximum Gasteiger partial charge on any atom is 0.150 e. The zero-order chi connectivity index (χ0) is 12.4. The highest BCUT2D eigenvalue weighted by molar-refractivity contribution is 7.91. The third kappa shape index (κ3) is 8.04. The molecule has 1 atom stereocenters.